The molecule has 7 heteroatoms. The van der Waals surface area contributed by atoms with Gasteiger partial charge in [0.05, 0.1) is 11.1 Å². The minimum Gasteiger partial charge on any atom is -0.166 e. The monoisotopic (exact) mass is 590 g/mol. The lowest BCUT2D eigenvalue weighted by atomic mass is 9.98. The lowest BCUT2D eigenvalue weighted by Crippen LogP contribution is -2.10. The van der Waals surface area contributed by atoms with Crippen LogP contribution in [0, 0.1) is 49.4 Å². The molecular formula is C34H36F6S. The number of hydrogen-bond donors (Lipinski definition) is 0. The fourth-order valence-electron chi connectivity index (χ4n) is 5.78. The highest BCUT2D eigenvalue weighted by atomic mass is 32.2. The first-order valence-electron chi connectivity index (χ1n) is 14.6. The zero-order valence-corrected chi connectivity index (χ0v) is 24.4. The number of halogens is 6. The van der Waals surface area contributed by atoms with Gasteiger partial charge in [-0.1, -0.05) is 86.8 Å². The molecule has 220 valence electrons. The van der Waals surface area contributed by atoms with Crippen LogP contribution in [0.3, 0.4) is 0 Å². The third kappa shape index (κ3) is 8.29. The van der Waals surface area contributed by atoms with E-state index in [1.54, 1.807) is 0 Å². The van der Waals surface area contributed by atoms with Gasteiger partial charge >= 0.3 is 12.4 Å². The third-order valence-corrected chi connectivity index (χ3v) is 9.32. The molecule has 0 radical (unpaired) electrons. The summed E-state index contributed by atoms with van der Waals surface area (Å²) in [4.78, 5) is 0.988. The summed E-state index contributed by atoms with van der Waals surface area (Å²) in [5, 5.41) is 0. The Hall–Kier alpha value is -2.51. The van der Waals surface area contributed by atoms with E-state index in [0.717, 1.165) is 101 Å². The molecule has 0 nitrogen and oxygen atoms in total. The largest absolute Gasteiger partial charge is 0.416 e. The highest BCUT2D eigenvalue weighted by Gasteiger charge is 2.35. The molecule has 41 heavy (non-hydrogen) atoms. The Morgan fingerprint density at radius 1 is 0.561 bits per heavy atom. The Morgan fingerprint density at radius 2 is 0.902 bits per heavy atom. The molecule has 2 aliphatic carbocycles. The van der Waals surface area contributed by atoms with Crippen molar-refractivity contribution in [1.82, 2.24) is 0 Å². The van der Waals surface area contributed by atoms with Gasteiger partial charge in [-0.2, -0.15) is 26.3 Å². The second kappa shape index (κ2) is 13.6. The quantitative estimate of drug-likeness (QED) is 0.190. The molecule has 0 atom stereocenters. The minimum absolute atomic E-state index is 0.0401. The molecule has 0 unspecified atom stereocenters. The van der Waals surface area contributed by atoms with E-state index >= 15 is 0 Å². The van der Waals surface area contributed by atoms with E-state index in [9.17, 15) is 26.3 Å². The predicted octanol–water partition coefficient (Wildman–Crippen LogP) is 11.1. The number of benzene rings is 2. The first kappa shape index (κ1) is 31.4. The van der Waals surface area contributed by atoms with E-state index in [-0.39, 0.29) is 34.1 Å². The fraction of sp³-hybridized carbons (Fsp3) is 0.529. The van der Waals surface area contributed by atoms with Crippen LogP contribution >= 0.6 is 11.8 Å². The van der Waals surface area contributed by atoms with Gasteiger partial charge in [0.2, 0.25) is 0 Å². The minimum atomic E-state index is -4.54. The van der Waals surface area contributed by atoms with Crippen LogP contribution in [0.1, 0.15) is 110 Å². The topological polar surface area (TPSA) is 0 Å². The van der Waals surface area contributed by atoms with Gasteiger partial charge in [0.15, 0.2) is 0 Å². The van der Waals surface area contributed by atoms with Crippen molar-refractivity contribution in [2.75, 3.05) is 0 Å². The summed E-state index contributed by atoms with van der Waals surface area (Å²) in [6.07, 6.45) is 3.38. The SMILES string of the molecule is Cc1c(C(F)(F)F)ccc(Sc2ccc(C(F)(F)F)c(C)c2C#CC2CCCCCC2)c1C#CC1CCCCCC1. The van der Waals surface area contributed by atoms with Crippen LogP contribution in [0.25, 0.3) is 0 Å². The van der Waals surface area contributed by atoms with Crippen molar-refractivity contribution in [3.63, 3.8) is 0 Å². The lowest BCUT2D eigenvalue weighted by Gasteiger charge is -2.18. The molecule has 0 amide bonds. The van der Waals surface area contributed by atoms with Crippen molar-refractivity contribution < 1.29 is 26.3 Å². The average molecular weight is 591 g/mol. The van der Waals surface area contributed by atoms with E-state index in [0.29, 0.717) is 9.79 Å². The molecule has 0 heterocycles. The Morgan fingerprint density at radius 3 is 1.22 bits per heavy atom. The van der Waals surface area contributed by atoms with Crippen LogP contribution in [0.2, 0.25) is 0 Å². The molecule has 2 aromatic rings. The zero-order valence-electron chi connectivity index (χ0n) is 23.6. The van der Waals surface area contributed by atoms with E-state index in [1.165, 1.54) is 26.0 Å². The summed E-state index contributed by atoms with van der Waals surface area (Å²) in [6.45, 7) is 2.85. The summed E-state index contributed by atoms with van der Waals surface area (Å²) >= 11 is 1.15. The Bertz CT molecular complexity index is 1230. The predicted molar refractivity (Wildman–Crippen MR) is 153 cm³/mol. The summed E-state index contributed by atoms with van der Waals surface area (Å²) in [7, 11) is 0. The zero-order chi connectivity index (χ0) is 29.6. The van der Waals surface area contributed by atoms with Crippen molar-refractivity contribution >= 4 is 11.8 Å². The molecule has 0 spiro atoms. The Labute approximate surface area is 244 Å². The van der Waals surface area contributed by atoms with Gasteiger partial charge in [-0.25, -0.2) is 0 Å². The first-order valence-corrected chi connectivity index (χ1v) is 15.4. The molecule has 0 N–H and O–H groups in total. The lowest BCUT2D eigenvalue weighted by molar-refractivity contribution is -0.138. The van der Waals surface area contributed by atoms with Crippen molar-refractivity contribution in [1.29, 1.82) is 0 Å². The fourth-order valence-corrected chi connectivity index (χ4v) is 6.90. The molecule has 2 aromatic carbocycles. The van der Waals surface area contributed by atoms with E-state index in [2.05, 4.69) is 23.7 Å². The van der Waals surface area contributed by atoms with Crippen LogP contribution in [0.5, 0.6) is 0 Å². The molecule has 0 aromatic heterocycles. The van der Waals surface area contributed by atoms with Gasteiger partial charge in [0, 0.05) is 32.8 Å². The van der Waals surface area contributed by atoms with Crippen LogP contribution in [-0.4, -0.2) is 0 Å². The molecule has 0 saturated heterocycles. The maximum absolute atomic E-state index is 13.8. The van der Waals surface area contributed by atoms with Crippen molar-refractivity contribution in [3.8, 4) is 23.7 Å². The second-order valence-corrected chi connectivity index (χ2v) is 12.3. The van der Waals surface area contributed by atoms with E-state index < -0.39 is 23.5 Å². The summed E-state index contributed by atoms with van der Waals surface area (Å²) < 4.78 is 83.0. The highest BCUT2D eigenvalue weighted by Crippen LogP contribution is 2.42. The molecule has 2 saturated carbocycles. The van der Waals surface area contributed by atoms with Gasteiger partial charge in [0.1, 0.15) is 0 Å². The van der Waals surface area contributed by atoms with Crippen LogP contribution < -0.4 is 0 Å². The summed E-state index contributed by atoms with van der Waals surface area (Å²) in [6, 6.07) is 4.88. The third-order valence-electron chi connectivity index (χ3n) is 8.20. The molecule has 2 fully saturated rings. The van der Waals surface area contributed by atoms with Crippen molar-refractivity contribution in [2.24, 2.45) is 11.8 Å². The van der Waals surface area contributed by atoms with Gasteiger partial charge in [-0.05, 0) is 74.9 Å². The van der Waals surface area contributed by atoms with Crippen LogP contribution in [-0.2, 0) is 12.4 Å². The van der Waals surface area contributed by atoms with Crippen LogP contribution in [0.15, 0.2) is 34.1 Å². The van der Waals surface area contributed by atoms with Gasteiger partial charge in [-0.15, -0.1) is 0 Å². The standard InChI is InChI=1S/C34H36F6S/c1-23-27(17-15-25-11-7-3-4-8-12-25)31(21-19-29(23)33(35,36)37)41-32-22-20-30(34(38,39)40)24(2)28(32)18-16-26-13-9-5-6-10-14-26/h19-22,25-26H,3-14H2,1-2H3. The van der Waals surface area contributed by atoms with E-state index in [4.69, 9.17) is 0 Å². The molecule has 0 bridgehead atoms. The summed E-state index contributed by atoms with van der Waals surface area (Å²) in [5.74, 6) is 12.9. The van der Waals surface area contributed by atoms with Crippen LogP contribution in [0.4, 0.5) is 26.3 Å². The number of hydrogen-bond acceptors (Lipinski definition) is 1. The normalized spacial score (nSPS) is 17.6. The maximum Gasteiger partial charge on any atom is 0.416 e. The average Bonchev–Trinajstić information content (AvgIpc) is 3.32. The molecule has 4 rings (SSSR count). The van der Waals surface area contributed by atoms with Gasteiger partial charge < -0.3 is 0 Å². The Kier molecular flexibility index (Phi) is 10.5. The summed E-state index contributed by atoms with van der Waals surface area (Å²) in [5.41, 5.74) is -0.840. The van der Waals surface area contributed by atoms with Gasteiger partial charge in [-0.3, -0.25) is 0 Å². The van der Waals surface area contributed by atoms with Crippen molar-refractivity contribution in [2.45, 2.75) is 113 Å². The molecular weight excluding hydrogens is 554 g/mol. The Balaban J connectivity index is 1.79. The smallest absolute Gasteiger partial charge is 0.166 e. The molecule has 0 aliphatic heterocycles. The van der Waals surface area contributed by atoms with Gasteiger partial charge in [0.25, 0.3) is 0 Å². The molecule has 2 aliphatic rings. The first-order chi connectivity index (χ1) is 19.4. The van der Waals surface area contributed by atoms with E-state index in [1.807, 2.05) is 0 Å². The second-order valence-electron chi connectivity index (χ2n) is 11.2. The maximum atomic E-state index is 13.8. The van der Waals surface area contributed by atoms with Crippen molar-refractivity contribution in [3.05, 3.63) is 57.6 Å². The number of rotatable bonds is 2. The highest BCUT2D eigenvalue weighted by molar-refractivity contribution is 7.99. The number of alkyl halides is 6.